The van der Waals surface area contributed by atoms with Crippen LogP contribution in [0.5, 0.6) is 0 Å². The summed E-state index contributed by atoms with van der Waals surface area (Å²) >= 11 is 0. The summed E-state index contributed by atoms with van der Waals surface area (Å²) in [6.07, 6.45) is -5.06. The van der Waals surface area contributed by atoms with Crippen LogP contribution >= 0.6 is 0 Å². The molecule has 0 aliphatic heterocycles. The molecule has 2 N–H and O–H groups in total. The van der Waals surface area contributed by atoms with E-state index in [4.69, 9.17) is 4.52 Å². The van der Waals surface area contributed by atoms with E-state index in [1.54, 1.807) is 0 Å². The molecule has 0 aliphatic carbocycles. The zero-order valence-electron chi connectivity index (χ0n) is 13.3. The zero-order valence-corrected chi connectivity index (χ0v) is 13.3. The van der Waals surface area contributed by atoms with Crippen LogP contribution in [-0.4, -0.2) is 36.9 Å². The van der Waals surface area contributed by atoms with Crippen LogP contribution in [0.2, 0.25) is 0 Å². The molecule has 5 nitrogen and oxygen atoms in total. The second kappa shape index (κ2) is 8.05. The molecule has 0 fully saturated rings. The van der Waals surface area contributed by atoms with Gasteiger partial charge in [0, 0.05) is 31.1 Å². The first kappa shape index (κ1) is 18.3. The summed E-state index contributed by atoms with van der Waals surface area (Å²) < 4.78 is 41.6. The predicted octanol–water partition coefficient (Wildman–Crippen LogP) is 2.90. The lowest BCUT2D eigenvalue weighted by Gasteiger charge is -2.14. The van der Waals surface area contributed by atoms with Crippen LogP contribution in [0.3, 0.4) is 0 Å². The number of alkyl halides is 3. The van der Waals surface area contributed by atoms with Gasteiger partial charge in [0.25, 0.3) is 0 Å². The van der Waals surface area contributed by atoms with Crippen LogP contribution in [0.4, 0.5) is 13.2 Å². The highest BCUT2D eigenvalue weighted by Crippen LogP contribution is 2.23. The van der Waals surface area contributed by atoms with Gasteiger partial charge in [-0.2, -0.15) is 13.2 Å². The Bertz CT molecular complexity index is 477. The summed E-state index contributed by atoms with van der Waals surface area (Å²) in [5, 5.41) is 9.52. The Morgan fingerprint density at radius 3 is 2.50 bits per heavy atom. The SMILES string of the molecule is CCNC(=NC[C@H](C)c1c(C)noc1C)NCCC(F)(F)F. The summed E-state index contributed by atoms with van der Waals surface area (Å²) in [5.74, 6) is 1.20. The predicted molar refractivity (Wildman–Crippen MR) is 79.0 cm³/mol. The maximum Gasteiger partial charge on any atom is 0.390 e. The van der Waals surface area contributed by atoms with E-state index in [1.165, 1.54) is 0 Å². The van der Waals surface area contributed by atoms with Crippen LogP contribution in [0.1, 0.15) is 43.2 Å². The molecule has 0 saturated heterocycles. The van der Waals surface area contributed by atoms with Gasteiger partial charge in [0.1, 0.15) is 5.76 Å². The Labute approximate surface area is 128 Å². The smallest absolute Gasteiger partial charge is 0.361 e. The van der Waals surface area contributed by atoms with Crippen molar-refractivity contribution in [1.82, 2.24) is 15.8 Å². The minimum Gasteiger partial charge on any atom is -0.361 e. The van der Waals surface area contributed by atoms with Crippen molar-refractivity contribution < 1.29 is 17.7 Å². The molecular weight excluding hydrogens is 297 g/mol. The maximum absolute atomic E-state index is 12.2. The number of hydrogen-bond acceptors (Lipinski definition) is 3. The van der Waals surface area contributed by atoms with E-state index in [0.717, 1.165) is 17.0 Å². The number of guanidine groups is 1. The van der Waals surface area contributed by atoms with Gasteiger partial charge < -0.3 is 15.2 Å². The molecule has 1 aromatic heterocycles. The lowest BCUT2D eigenvalue weighted by Crippen LogP contribution is -2.39. The molecule has 1 atom stereocenters. The third-order valence-electron chi connectivity index (χ3n) is 3.15. The monoisotopic (exact) mass is 320 g/mol. The Balaban J connectivity index is 2.61. The maximum atomic E-state index is 12.2. The normalized spacial score (nSPS) is 14.0. The lowest BCUT2D eigenvalue weighted by molar-refractivity contribution is -0.132. The topological polar surface area (TPSA) is 62.5 Å². The van der Waals surface area contributed by atoms with Gasteiger partial charge in [0.05, 0.1) is 12.1 Å². The fourth-order valence-electron chi connectivity index (χ4n) is 2.18. The Hall–Kier alpha value is -1.73. The number of aromatic nitrogens is 1. The molecule has 0 unspecified atom stereocenters. The number of aliphatic imine (C=N–C) groups is 1. The van der Waals surface area contributed by atoms with E-state index in [2.05, 4.69) is 20.8 Å². The molecule has 126 valence electrons. The highest BCUT2D eigenvalue weighted by Gasteiger charge is 2.26. The molecule has 1 rings (SSSR count). The molecule has 1 heterocycles. The van der Waals surface area contributed by atoms with Crippen molar-refractivity contribution in [3.63, 3.8) is 0 Å². The molecule has 0 aliphatic rings. The second-order valence-electron chi connectivity index (χ2n) is 5.15. The largest absolute Gasteiger partial charge is 0.390 e. The first-order chi connectivity index (χ1) is 10.2. The Morgan fingerprint density at radius 2 is 2.00 bits per heavy atom. The van der Waals surface area contributed by atoms with Gasteiger partial charge in [-0.1, -0.05) is 12.1 Å². The van der Waals surface area contributed by atoms with Crippen LogP contribution in [0.25, 0.3) is 0 Å². The van der Waals surface area contributed by atoms with E-state index in [9.17, 15) is 13.2 Å². The number of nitrogens with one attached hydrogen (secondary N) is 2. The van der Waals surface area contributed by atoms with Crippen molar-refractivity contribution in [2.45, 2.75) is 46.2 Å². The second-order valence-corrected chi connectivity index (χ2v) is 5.15. The van der Waals surface area contributed by atoms with Crippen LogP contribution in [-0.2, 0) is 0 Å². The fourth-order valence-corrected chi connectivity index (χ4v) is 2.18. The number of aryl methyl sites for hydroxylation is 2. The van der Waals surface area contributed by atoms with Gasteiger partial charge >= 0.3 is 6.18 Å². The molecule has 0 aromatic carbocycles. The van der Waals surface area contributed by atoms with Crippen molar-refractivity contribution in [3.05, 3.63) is 17.0 Å². The standard InChI is InChI=1S/C14H23F3N4O/c1-5-18-13(19-7-6-14(15,16)17)20-8-9(2)12-10(3)21-22-11(12)4/h9H,5-8H2,1-4H3,(H2,18,19,20)/t9-/m0/s1. The van der Waals surface area contributed by atoms with Gasteiger partial charge in [-0.25, -0.2) is 0 Å². The average molecular weight is 320 g/mol. The molecular formula is C14H23F3N4O. The zero-order chi connectivity index (χ0) is 16.8. The fraction of sp³-hybridized carbons (Fsp3) is 0.714. The van der Waals surface area contributed by atoms with Crippen molar-refractivity contribution in [3.8, 4) is 0 Å². The molecule has 8 heteroatoms. The Kier molecular flexibility index (Phi) is 6.70. The number of hydrogen-bond donors (Lipinski definition) is 2. The third kappa shape index (κ3) is 5.95. The molecule has 0 saturated carbocycles. The van der Waals surface area contributed by atoms with E-state index in [-0.39, 0.29) is 12.5 Å². The first-order valence-corrected chi connectivity index (χ1v) is 7.26. The molecule has 0 radical (unpaired) electrons. The number of halogens is 3. The van der Waals surface area contributed by atoms with Crippen molar-refractivity contribution >= 4 is 5.96 Å². The molecule has 0 bridgehead atoms. The summed E-state index contributed by atoms with van der Waals surface area (Å²) in [4.78, 5) is 4.33. The molecule has 0 spiro atoms. The molecule has 1 aromatic rings. The van der Waals surface area contributed by atoms with Gasteiger partial charge in [-0.3, -0.25) is 4.99 Å². The quantitative estimate of drug-likeness (QED) is 0.625. The van der Waals surface area contributed by atoms with E-state index in [0.29, 0.717) is 19.0 Å². The van der Waals surface area contributed by atoms with E-state index >= 15 is 0 Å². The molecule has 0 amide bonds. The van der Waals surface area contributed by atoms with Gasteiger partial charge in [-0.15, -0.1) is 0 Å². The highest BCUT2D eigenvalue weighted by molar-refractivity contribution is 5.79. The number of nitrogens with zero attached hydrogens (tertiary/aromatic N) is 2. The third-order valence-corrected chi connectivity index (χ3v) is 3.15. The average Bonchev–Trinajstić information content (AvgIpc) is 2.74. The summed E-state index contributed by atoms with van der Waals surface area (Å²) in [6.45, 7) is 8.35. The van der Waals surface area contributed by atoms with Crippen LogP contribution in [0.15, 0.2) is 9.52 Å². The van der Waals surface area contributed by atoms with Crippen molar-refractivity contribution in [1.29, 1.82) is 0 Å². The minimum absolute atomic E-state index is 0.0734. The minimum atomic E-state index is -4.17. The van der Waals surface area contributed by atoms with Crippen LogP contribution < -0.4 is 10.6 Å². The van der Waals surface area contributed by atoms with Gasteiger partial charge in [0.2, 0.25) is 0 Å². The summed E-state index contributed by atoms with van der Waals surface area (Å²) in [6, 6.07) is 0. The Morgan fingerprint density at radius 1 is 1.32 bits per heavy atom. The van der Waals surface area contributed by atoms with E-state index in [1.807, 2.05) is 27.7 Å². The van der Waals surface area contributed by atoms with Gasteiger partial charge in [-0.05, 0) is 20.8 Å². The number of rotatable bonds is 6. The van der Waals surface area contributed by atoms with Gasteiger partial charge in [0.15, 0.2) is 5.96 Å². The molecule has 22 heavy (non-hydrogen) atoms. The van der Waals surface area contributed by atoms with E-state index < -0.39 is 12.6 Å². The first-order valence-electron chi connectivity index (χ1n) is 7.26. The van der Waals surface area contributed by atoms with Crippen LogP contribution in [0, 0.1) is 13.8 Å². The van der Waals surface area contributed by atoms with Crippen molar-refractivity contribution in [2.24, 2.45) is 4.99 Å². The lowest BCUT2D eigenvalue weighted by atomic mass is 10.00. The summed E-state index contributed by atoms with van der Waals surface area (Å²) in [7, 11) is 0. The van der Waals surface area contributed by atoms with Crippen molar-refractivity contribution in [2.75, 3.05) is 19.6 Å². The summed E-state index contributed by atoms with van der Waals surface area (Å²) in [5.41, 5.74) is 1.81. The highest BCUT2D eigenvalue weighted by atomic mass is 19.4.